The molecular weight excluding hydrogens is 630 g/mol. The summed E-state index contributed by atoms with van der Waals surface area (Å²) in [5.74, 6) is 0.620. The van der Waals surface area contributed by atoms with Crippen LogP contribution in [0.15, 0.2) is 54.6 Å². The highest BCUT2D eigenvalue weighted by atomic mass is 16.6. The Labute approximate surface area is 287 Å². The smallest absolute Gasteiger partial charge is 0.342 e. The topological polar surface area (TPSA) is 156 Å². The number of primary amides is 1. The number of fused-ring (bicyclic) bond motifs is 1. The van der Waals surface area contributed by atoms with Gasteiger partial charge in [-0.05, 0) is 53.4 Å². The average molecular weight is 678 g/mol. The number of cyclic esters (lactones) is 1. The lowest BCUT2D eigenvalue weighted by molar-refractivity contribution is -0.190. The van der Waals surface area contributed by atoms with Gasteiger partial charge in [0.25, 0.3) is 0 Å². The van der Waals surface area contributed by atoms with Crippen LogP contribution >= 0.6 is 0 Å². The second kappa shape index (κ2) is 15.1. The SMILES string of the molecule is COc1ccc(COc2cc(OCc3ccc(OC)cc3)c3c(c2C)C[C@H]([C@H](C)[C@@H](O)C[C@H]2O[C@H](C(N)=O)C[C@@H](O)C2(C)C)OC3=O)cc1. The van der Waals surface area contributed by atoms with E-state index in [4.69, 9.17) is 34.2 Å². The Balaban J connectivity index is 1.40. The maximum absolute atomic E-state index is 13.7. The molecule has 2 aliphatic rings. The van der Waals surface area contributed by atoms with Crippen LogP contribution in [0.5, 0.6) is 23.0 Å². The number of carbonyl (C=O) groups is 2. The van der Waals surface area contributed by atoms with E-state index in [0.29, 0.717) is 23.5 Å². The van der Waals surface area contributed by atoms with Gasteiger partial charge in [0.15, 0.2) is 0 Å². The number of aliphatic hydroxyl groups is 2. The van der Waals surface area contributed by atoms with Crippen molar-refractivity contribution in [1.29, 1.82) is 0 Å². The lowest BCUT2D eigenvalue weighted by Crippen LogP contribution is -2.55. The van der Waals surface area contributed by atoms with Crippen molar-refractivity contribution in [2.45, 2.75) is 90.7 Å². The van der Waals surface area contributed by atoms with Crippen LogP contribution in [0.2, 0.25) is 0 Å². The second-order valence-corrected chi connectivity index (χ2v) is 13.5. The van der Waals surface area contributed by atoms with E-state index in [1.165, 1.54) is 0 Å². The third-order valence-corrected chi connectivity index (χ3v) is 10.0. The Bertz CT molecular complexity index is 1620. The largest absolute Gasteiger partial charge is 0.497 e. The lowest BCUT2D eigenvalue weighted by Gasteiger charge is -2.46. The molecule has 3 aromatic rings. The molecule has 0 saturated carbocycles. The van der Waals surface area contributed by atoms with Gasteiger partial charge in [-0.3, -0.25) is 4.79 Å². The fourth-order valence-corrected chi connectivity index (χ4v) is 6.40. The van der Waals surface area contributed by atoms with Crippen molar-refractivity contribution in [1.82, 2.24) is 0 Å². The standard InChI is InChI=1S/C38H47NO10/c1-21-27-15-30(22(2)28(40)16-34-38(3,4)33(41)18-32(48-34)36(39)42)49-37(43)35(27)31(47-20-24-9-13-26(45-6)14-10-24)17-29(21)46-19-23-7-11-25(44-5)12-8-23/h7-14,17,22,28,30,32-34,40-41H,15-16,18-20H2,1-6H3,(H2,39,42)/t22-,28+,30-,32+,33-,34-/m1/s1. The Hall–Kier alpha value is -4.32. The van der Waals surface area contributed by atoms with Gasteiger partial charge in [0.2, 0.25) is 5.91 Å². The number of methoxy groups -OCH3 is 2. The van der Waals surface area contributed by atoms with Crippen LogP contribution in [0.1, 0.15) is 66.2 Å². The van der Waals surface area contributed by atoms with Crippen LogP contribution in [0.4, 0.5) is 0 Å². The van der Waals surface area contributed by atoms with Crippen LogP contribution in [-0.2, 0) is 33.9 Å². The summed E-state index contributed by atoms with van der Waals surface area (Å²) in [5, 5.41) is 22.2. The summed E-state index contributed by atoms with van der Waals surface area (Å²) in [5.41, 5.74) is 8.38. The molecule has 3 aromatic carbocycles. The highest BCUT2D eigenvalue weighted by Gasteiger charge is 2.47. The number of benzene rings is 3. The van der Waals surface area contributed by atoms with Crippen molar-refractivity contribution in [3.63, 3.8) is 0 Å². The molecule has 264 valence electrons. The number of carbonyl (C=O) groups excluding carboxylic acids is 2. The minimum absolute atomic E-state index is 0.0898. The van der Waals surface area contributed by atoms with Gasteiger partial charge in [0, 0.05) is 36.7 Å². The molecule has 1 saturated heterocycles. The molecule has 2 heterocycles. The first kappa shape index (κ1) is 36.0. The summed E-state index contributed by atoms with van der Waals surface area (Å²) in [6.07, 6.45) is -3.61. The number of hydrogen-bond acceptors (Lipinski definition) is 10. The maximum atomic E-state index is 13.7. The van der Waals surface area contributed by atoms with Gasteiger partial charge in [0.05, 0.1) is 32.5 Å². The molecule has 1 amide bonds. The van der Waals surface area contributed by atoms with Crippen LogP contribution in [0, 0.1) is 18.3 Å². The highest BCUT2D eigenvalue weighted by molar-refractivity contribution is 5.96. The van der Waals surface area contributed by atoms with Crippen molar-refractivity contribution in [3.05, 3.63) is 82.4 Å². The van der Waals surface area contributed by atoms with Crippen molar-refractivity contribution >= 4 is 11.9 Å². The zero-order valence-corrected chi connectivity index (χ0v) is 28.9. The predicted octanol–water partition coefficient (Wildman–Crippen LogP) is 4.67. The molecule has 0 bridgehead atoms. The Kier molecular flexibility index (Phi) is 11.1. The van der Waals surface area contributed by atoms with E-state index in [-0.39, 0.29) is 26.1 Å². The fourth-order valence-electron chi connectivity index (χ4n) is 6.40. The summed E-state index contributed by atoms with van der Waals surface area (Å²) >= 11 is 0. The maximum Gasteiger partial charge on any atom is 0.342 e. The molecule has 49 heavy (non-hydrogen) atoms. The molecule has 0 aliphatic carbocycles. The quantitative estimate of drug-likeness (QED) is 0.217. The zero-order chi connectivity index (χ0) is 35.5. The van der Waals surface area contributed by atoms with Crippen molar-refractivity contribution in [2.24, 2.45) is 17.1 Å². The summed E-state index contributed by atoms with van der Waals surface area (Å²) in [4.78, 5) is 25.6. The summed E-state index contributed by atoms with van der Waals surface area (Å²) in [7, 11) is 3.21. The van der Waals surface area contributed by atoms with E-state index in [0.717, 1.165) is 33.8 Å². The molecule has 4 N–H and O–H groups in total. The van der Waals surface area contributed by atoms with E-state index in [1.807, 2.05) is 76.2 Å². The molecule has 2 aliphatic heterocycles. The minimum atomic E-state index is -0.983. The molecule has 0 aromatic heterocycles. The monoisotopic (exact) mass is 677 g/mol. The molecule has 6 atom stereocenters. The number of nitrogens with two attached hydrogens (primary N) is 1. The van der Waals surface area contributed by atoms with E-state index in [2.05, 4.69) is 0 Å². The lowest BCUT2D eigenvalue weighted by atomic mass is 9.73. The molecule has 0 radical (unpaired) electrons. The normalized spacial score (nSPS) is 22.7. The van der Waals surface area contributed by atoms with Gasteiger partial charge in [-0.2, -0.15) is 0 Å². The van der Waals surface area contributed by atoms with Gasteiger partial charge < -0.3 is 44.4 Å². The van der Waals surface area contributed by atoms with Gasteiger partial charge in [-0.1, -0.05) is 45.0 Å². The van der Waals surface area contributed by atoms with Gasteiger partial charge in [0.1, 0.15) is 54.0 Å². The van der Waals surface area contributed by atoms with Crippen LogP contribution in [-0.4, -0.2) is 66.8 Å². The highest BCUT2D eigenvalue weighted by Crippen LogP contribution is 2.42. The van der Waals surface area contributed by atoms with Gasteiger partial charge in [-0.25, -0.2) is 4.79 Å². The number of rotatable bonds is 13. The van der Waals surface area contributed by atoms with Crippen molar-refractivity contribution in [2.75, 3.05) is 14.2 Å². The Morgan fingerprint density at radius 3 is 2.06 bits per heavy atom. The molecule has 5 rings (SSSR count). The minimum Gasteiger partial charge on any atom is -0.497 e. The average Bonchev–Trinajstić information content (AvgIpc) is 3.09. The molecule has 1 fully saturated rings. The summed E-state index contributed by atoms with van der Waals surface area (Å²) < 4.78 is 35.0. The Morgan fingerprint density at radius 1 is 0.980 bits per heavy atom. The third kappa shape index (κ3) is 7.95. The van der Waals surface area contributed by atoms with E-state index < -0.39 is 53.7 Å². The summed E-state index contributed by atoms with van der Waals surface area (Å²) in [6, 6.07) is 16.8. The molecular formula is C38H47NO10. The number of esters is 1. The third-order valence-electron chi connectivity index (χ3n) is 10.0. The first-order chi connectivity index (χ1) is 23.3. The predicted molar refractivity (Wildman–Crippen MR) is 181 cm³/mol. The number of hydrogen-bond donors (Lipinski definition) is 3. The van der Waals surface area contributed by atoms with Crippen LogP contribution < -0.4 is 24.7 Å². The van der Waals surface area contributed by atoms with Gasteiger partial charge >= 0.3 is 5.97 Å². The Morgan fingerprint density at radius 2 is 1.53 bits per heavy atom. The second-order valence-electron chi connectivity index (χ2n) is 13.5. The molecule has 0 spiro atoms. The summed E-state index contributed by atoms with van der Waals surface area (Å²) in [6.45, 7) is 7.84. The van der Waals surface area contributed by atoms with Gasteiger partial charge in [-0.15, -0.1) is 0 Å². The van der Waals surface area contributed by atoms with Crippen molar-refractivity contribution < 1.29 is 48.2 Å². The molecule has 11 nitrogen and oxygen atoms in total. The number of ether oxygens (including phenoxy) is 6. The zero-order valence-electron chi connectivity index (χ0n) is 28.9. The number of amides is 1. The van der Waals surface area contributed by atoms with E-state index in [9.17, 15) is 19.8 Å². The van der Waals surface area contributed by atoms with Crippen LogP contribution in [0.3, 0.4) is 0 Å². The first-order valence-electron chi connectivity index (χ1n) is 16.5. The van der Waals surface area contributed by atoms with Crippen LogP contribution in [0.25, 0.3) is 0 Å². The van der Waals surface area contributed by atoms with E-state index in [1.54, 1.807) is 20.3 Å². The van der Waals surface area contributed by atoms with Crippen molar-refractivity contribution in [3.8, 4) is 23.0 Å². The molecule has 11 heteroatoms. The first-order valence-corrected chi connectivity index (χ1v) is 16.5. The number of aliphatic hydroxyl groups excluding tert-OH is 2. The fraction of sp³-hybridized carbons (Fsp3) is 0.474. The molecule has 0 unspecified atom stereocenters. The van der Waals surface area contributed by atoms with E-state index >= 15 is 0 Å².